The van der Waals surface area contributed by atoms with Crippen LogP contribution in [0.5, 0.6) is 0 Å². The maximum Gasteiger partial charge on any atom is 0.362 e. The molecule has 8 nitrogen and oxygen atoms in total. The molecule has 8 heteroatoms. The minimum atomic E-state index is -0.886. The summed E-state index contributed by atoms with van der Waals surface area (Å²) in [7, 11) is 5.50. The number of carbonyl (C=O) groups excluding carboxylic acids is 2. The van der Waals surface area contributed by atoms with Crippen LogP contribution in [0.15, 0.2) is 72.9 Å². The standard InChI is InChI=1S/C48H81NO7/c1-6-8-10-12-14-16-18-20-21-22-23-24-25-26-27-29-31-33-35-37-39-47(51)56-44(42-54-41-40-45(48(52)53)49(3,4)5)43-55-46(50)38-36-34-32-30-28-19-17-15-13-11-9-7-2/h8,10,14,16,20-21,23-24,26-27,31,33,44-45H,6-7,9,11-13,15,17-19,22,25,28-30,32,34-43H2,1-5H3/p+1/b10-8+,16-14+,21-20+,24-23+,27-26+,33-31+. The number of esters is 2. The van der Waals surface area contributed by atoms with Crippen molar-refractivity contribution in [1.29, 1.82) is 0 Å². The van der Waals surface area contributed by atoms with Crippen molar-refractivity contribution in [1.82, 2.24) is 0 Å². The highest BCUT2D eigenvalue weighted by atomic mass is 16.6. The molecule has 0 aromatic rings. The van der Waals surface area contributed by atoms with Gasteiger partial charge in [-0.05, 0) is 57.8 Å². The summed E-state index contributed by atoms with van der Waals surface area (Å²) in [5.41, 5.74) is 0. The molecule has 56 heavy (non-hydrogen) atoms. The summed E-state index contributed by atoms with van der Waals surface area (Å²) in [4.78, 5) is 36.9. The summed E-state index contributed by atoms with van der Waals surface area (Å²) >= 11 is 0. The lowest BCUT2D eigenvalue weighted by Gasteiger charge is -2.31. The van der Waals surface area contributed by atoms with Crippen LogP contribution in [0.2, 0.25) is 0 Å². The predicted octanol–water partition coefficient (Wildman–Crippen LogP) is 12.0. The van der Waals surface area contributed by atoms with Gasteiger partial charge in [0.05, 0.1) is 34.4 Å². The third-order valence-electron chi connectivity index (χ3n) is 9.37. The lowest BCUT2D eigenvalue weighted by molar-refractivity contribution is -0.887. The summed E-state index contributed by atoms with van der Waals surface area (Å²) in [5.74, 6) is -1.55. The van der Waals surface area contributed by atoms with Crippen molar-refractivity contribution in [2.24, 2.45) is 0 Å². The monoisotopic (exact) mass is 785 g/mol. The first-order valence-electron chi connectivity index (χ1n) is 22.0. The van der Waals surface area contributed by atoms with Gasteiger partial charge in [0, 0.05) is 19.3 Å². The molecule has 0 aliphatic heterocycles. The minimum Gasteiger partial charge on any atom is -0.477 e. The van der Waals surface area contributed by atoms with Gasteiger partial charge >= 0.3 is 17.9 Å². The molecular formula is C48H82NO7+. The van der Waals surface area contributed by atoms with Crippen LogP contribution in [0.1, 0.15) is 162 Å². The Bertz CT molecular complexity index is 1140. The van der Waals surface area contributed by atoms with E-state index in [-0.39, 0.29) is 42.7 Å². The van der Waals surface area contributed by atoms with Crippen LogP contribution in [0, 0.1) is 0 Å². The van der Waals surface area contributed by atoms with Crippen molar-refractivity contribution < 1.29 is 38.2 Å². The van der Waals surface area contributed by atoms with E-state index in [1.165, 1.54) is 57.8 Å². The summed E-state index contributed by atoms with van der Waals surface area (Å²) in [5, 5.41) is 9.61. The first-order valence-corrected chi connectivity index (χ1v) is 22.0. The van der Waals surface area contributed by atoms with Crippen molar-refractivity contribution >= 4 is 17.9 Å². The normalized spacial score (nSPS) is 13.7. The maximum atomic E-state index is 12.7. The third-order valence-corrected chi connectivity index (χ3v) is 9.37. The molecule has 0 heterocycles. The first kappa shape index (κ1) is 52.8. The largest absolute Gasteiger partial charge is 0.477 e. The summed E-state index contributed by atoms with van der Waals surface area (Å²) in [6.45, 7) is 4.54. The lowest BCUT2D eigenvalue weighted by atomic mass is 10.0. The number of hydrogen-bond donors (Lipinski definition) is 1. The second-order valence-electron chi connectivity index (χ2n) is 15.6. The van der Waals surface area contributed by atoms with E-state index in [1.807, 2.05) is 21.1 Å². The fraction of sp³-hybridized carbons (Fsp3) is 0.688. The summed E-state index contributed by atoms with van der Waals surface area (Å²) < 4.78 is 17.2. The number of likely N-dealkylation sites (N-methyl/N-ethyl adjacent to an activating group) is 1. The highest BCUT2D eigenvalue weighted by Crippen LogP contribution is 2.14. The Morgan fingerprint density at radius 3 is 1.46 bits per heavy atom. The van der Waals surface area contributed by atoms with Gasteiger partial charge in [0.1, 0.15) is 6.61 Å². The number of ether oxygens (including phenoxy) is 3. The van der Waals surface area contributed by atoms with E-state index in [1.54, 1.807) is 0 Å². The van der Waals surface area contributed by atoms with Gasteiger partial charge in [-0.2, -0.15) is 0 Å². The van der Waals surface area contributed by atoms with Crippen LogP contribution in [0.3, 0.4) is 0 Å². The lowest BCUT2D eigenvalue weighted by Crippen LogP contribution is -2.50. The third kappa shape index (κ3) is 36.4. The molecule has 0 saturated heterocycles. The SMILES string of the molecule is CC/C=C/C/C=C/C/C=C/C/C=C/C/C=C/C/C=C/CCCC(=O)OC(COCCC(C(=O)O)[N+](C)(C)C)COC(=O)CCCCCCCCCCCCCC. The molecule has 1 N–H and O–H groups in total. The van der Waals surface area contributed by atoms with E-state index in [4.69, 9.17) is 14.2 Å². The molecule has 0 aromatic heterocycles. The Morgan fingerprint density at radius 1 is 0.554 bits per heavy atom. The highest BCUT2D eigenvalue weighted by Gasteiger charge is 2.31. The van der Waals surface area contributed by atoms with Crippen molar-refractivity contribution in [3.8, 4) is 0 Å². The Morgan fingerprint density at radius 2 is 1.00 bits per heavy atom. The van der Waals surface area contributed by atoms with E-state index < -0.39 is 18.1 Å². The number of rotatable bonds is 38. The van der Waals surface area contributed by atoms with Gasteiger partial charge in [-0.15, -0.1) is 0 Å². The average molecular weight is 785 g/mol. The molecular weight excluding hydrogens is 703 g/mol. The molecule has 0 bridgehead atoms. The fourth-order valence-electron chi connectivity index (χ4n) is 5.99. The summed E-state index contributed by atoms with van der Waals surface area (Å²) in [6, 6.07) is -0.626. The molecule has 0 spiro atoms. The van der Waals surface area contributed by atoms with Crippen LogP contribution in [0.25, 0.3) is 0 Å². The van der Waals surface area contributed by atoms with Gasteiger partial charge in [-0.3, -0.25) is 9.59 Å². The molecule has 2 atom stereocenters. The molecule has 2 unspecified atom stereocenters. The minimum absolute atomic E-state index is 0.0360. The van der Waals surface area contributed by atoms with E-state index in [2.05, 4.69) is 86.8 Å². The van der Waals surface area contributed by atoms with E-state index in [0.29, 0.717) is 19.3 Å². The quantitative estimate of drug-likeness (QED) is 0.0288. The zero-order valence-electron chi connectivity index (χ0n) is 36.3. The second-order valence-corrected chi connectivity index (χ2v) is 15.6. The smallest absolute Gasteiger partial charge is 0.362 e. The van der Waals surface area contributed by atoms with Gasteiger partial charge in [0.2, 0.25) is 0 Å². The average Bonchev–Trinajstić information content (AvgIpc) is 3.15. The van der Waals surface area contributed by atoms with Crippen molar-refractivity contribution in [3.63, 3.8) is 0 Å². The van der Waals surface area contributed by atoms with Gasteiger partial charge in [0.25, 0.3) is 0 Å². The molecule has 0 saturated carbocycles. The molecule has 0 rings (SSSR count). The van der Waals surface area contributed by atoms with Crippen LogP contribution in [0.4, 0.5) is 0 Å². The maximum absolute atomic E-state index is 12.7. The van der Waals surface area contributed by atoms with E-state index in [9.17, 15) is 19.5 Å². The fourth-order valence-corrected chi connectivity index (χ4v) is 5.99. The van der Waals surface area contributed by atoms with Crippen molar-refractivity contribution in [2.75, 3.05) is 41.0 Å². The number of quaternary nitrogens is 1. The van der Waals surface area contributed by atoms with Crippen LogP contribution >= 0.6 is 0 Å². The van der Waals surface area contributed by atoms with Crippen LogP contribution < -0.4 is 0 Å². The number of unbranched alkanes of at least 4 members (excludes halogenated alkanes) is 12. The Kier molecular flexibility index (Phi) is 36.4. The Balaban J connectivity index is 4.46. The molecule has 0 amide bonds. The molecule has 320 valence electrons. The molecule has 0 aliphatic carbocycles. The number of aliphatic carboxylic acids is 1. The number of carbonyl (C=O) groups is 3. The Labute approximate surface area is 342 Å². The van der Waals surface area contributed by atoms with Crippen molar-refractivity contribution in [2.45, 2.75) is 174 Å². The van der Waals surface area contributed by atoms with Gasteiger partial charge in [-0.1, -0.05) is 157 Å². The van der Waals surface area contributed by atoms with E-state index in [0.717, 1.165) is 64.2 Å². The number of carboxylic acid groups (broad SMARTS) is 1. The van der Waals surface area contributed by atoms with Crippen molar-refractivity contribution in [3.05, 3.63) is 72.9 Å². The molecule has 0 radical (unpaired) electrons. The van der Waals surface area contributed by atoms with Gasteiger partial charge in [-0.25, -0.2) is 4.79 Å². The van der Waals surface area contributed by atoms with Crippen LogP contribution in [-0.4, -0.2) is 80.6 Å². The Hall–Kier alpha value is -3.23. The van der Waals surface area contributed by atoms with Crippen LogP contribution in [-0.2, 0) is 28.6 Å². The second kappa shape index (κ2) is 38.6. The summed E-state index contributed by atoms with van der Waals surface area (Å²) in [6.07, 6.45) is 48.1. The molecule has 0 fully saturated rings. The number of carboxylic acids is 1. The van der Waals surface area contributed by atoms with Gasteiger partial charge in [0.15, 0.2) is 12.1 Å². The topological polar surface area (TPSA) is 99.1 Å². The zero-order valence-corrected chi connectivity index (χ0v) is 36.3. The number of hydrogen-bond acceptors (Lipinski definition) is 6. The zero-order chi connectivity index (χ0) is 41.4. The highest BCUT2D eigenvalue weighted by molar-refractivity contribution is 5.72. The molecule has 0 aliphatic rings. The first-order chi connectivity index (χ1) is 27.1. The number of nitrogens with zero attached hydrogens (tertiary/aromatic N) is 1. The molecule has 0 aromatic carbocycles. The predicted molar refractivity (Wildman–Crippen MR) is 233 cm³/mol. The van der Waals surface area contributed by atoms with E-state index >= 15 is 0 Å². The number of allylic oxidation sites excluding steroid dienone is 12. The van der Waals surface area contributed by atoms with Gasteiger partial charge < -0.3 is 23.8 Å².